The molecule has 2 aromatic rings. The van der Waals surface area contributed by atoms with Crippen molar-refractivity contribution >= 4 is 27.9 Å². The Bertz CT molecular complexity index is 453. The number of imidazole rings is 1. The standard InChI is InChI=1S/C7H9ClN4OS.C2H6/c1-13-3-5-11-12-4(2-9)6(8)10-7(12)14-5;1-2/h2-3,9H2,1H3;1-2H3. The second kappa shape index (κ2) is 6.15. The van der Waals surface area contributed by atoms with Gasteiger partial charge < -0.3 is 10.5 Å². The highest BCUT2D eigenvalue weighted by molar-refractivity contribution is 7.16. The van der Waals surface area contributed by atoms with E-state index in [2.05, 4.69) is 10.1 Å². The summed E-state index contributed by atoms with van der Waals surface area (Å²) >= 11 is 7.31. The Kier molecular flexibility index (Phi) is 5.14. The number of nitrogens with two attached hydrogens (primary N) is 1. The van der Waals surface area contributed by atoms with Crippen molar-refractivity contribution in [2.45, 2.75) is 27.0 Å². The first-order valence-corrected chi connectivity index (χ1v) is 6.17. The van der Waals surface area contributed by atoms with E-state index in [1.54, 1.807) is 11.6 Å². The molecule has 0 atom stereocenters. The van der Waals surface area contributed by atoms with Crippen molar-refractivity contribution in [3.05, 3.63) is 15.9 Å². The summed E-state index contributed by atoms with van der Waals surface area (Å²) in [6, 6.07) is 0. The predicted octanol–water partition coefficient (Wildman–Crippen LogP) is 2.08. The first-order chi connectivity index (χ1) is 7.76. The van der Waals surface area contributed by atoms with Crippen LogP contribution in [-0.2, 0) is 17.9 Å². The minimum Gasteiger partial charge on any atom is -0.377 e. The van der Waals surface area contributed by atoms with Crippen LogP contribution in [0.3, 0.4) is 0 Å². The van der Waals surface area contributed by atoms with Gasteiger partial charge in [0.2, 0.25) is 4.96 Å². The molecule has 0 aromatic carbocycles. The van der Waals surface area contributed by atoms with Crippen LogP contribution in [0.15, 0.2) is 0 Å². The predicted molar refractivity (Wildman–Crippen MR) is 65.8 cm³/mol. The molecule has 16 heavy (non-hydrogen) atoms. The van der Waals surface area contributed by atoms with E-state index in [4.69, 9.17) is 22.1 Å². The third-order valence-corrected chi connectivity index (χ3v) is 2.94. The molecule has 0 saturated carbocycles. The van der Waals surface area contributed by atoms with E-state index in [0.29, 0.717) is 18.3 Å². The second-order valence-electron chi connectivity index (χ2n) is 2.68. The Morgan fingerprint density at radius 3 is 2.75 bits per heavy atom. The van der Waals surface area contributed by atoms with E-state index in [1.807, 2.05) is 13.8 Å². The minimum absolute atomic E-state index is 0.330. The van der Waals surface area contributed by atoms with Crippen LogP contribution < -0.4 is 5.73 Å². The Labute approximate surface area is 103 Å². The first-order valence-electron chi connectivity index (χ1n) is 4.98. The van der Waals surface area contributed by atoms with Gasteiger partial charge in [-0.25, -0.2) is 9.50 Å². The maximum atomic E-state index is 5.86. The van der Waals surface area contributed by atoms with Crippen molar-refractivity contribution in [3.8, 4) is 0 Å². The zero-order valence-corrected chi connectivity index (χ0v) is 11.1. The summed E-state index contributed by atoms with van der Waals surface area (Å²) in [6.07, 6.45) is 0. The van der Waals surface area contributed by atoms with Gasteiger partial charge in [-0.15, -0.1) is 0 Å². The molecule has 2 rings (SSSR count). The van der Waals surface area contributed by atoms with Gasteiger partial charge >= 0.3 is 0 Å². The Morgan fingerprint density at radius 1 is 1.50 bits per heavy atom. The number of aromatic nitrogens is 3. The maximum Gasteiger partial charge on any atom is 0.213 e. The second-order valence-corrected chi connectivity index (χ2v) is 4.08. The number of nitrogens with zero attached hydrogens (tertiary/aromatic N) is 3. The molecule has 0 fully saturated rings. The number of methoxy groups -OCH3 is 1. The molecule has 5 nitrogen and oxygen atoms in total. The molecule has 0 aliphatic heterocycles. The molecule has 0 radical (unpaired) electrons. The van der Waals surface area contributed by atoms with E-state index < -0.39 is 0 Å². The third-order valence-electron chi connectivity index (χ3n) is 1.75. The van der Waals surface area contributed by atoms with Gasteiger partial charge in [-0.2, -0.15) is 5.10 Å². The van der Waals surface area contributed by atoms with E-state index in [-0.39, 0.29) is 0 Å². The van der Waals surface area contributed by atoms with E-state index in [0.717, 1.165) is 15.7 Å². The molecule has 0 unspecified atom stereocenters. The Morgan fingerprint density at radius 2 is 2.19 bits per heavy atom. The highest BCUT2D eigenvalue weighted by atomic mass is 35.5. The fourth-order valence-electron chi connectivity index (χ4n) is 1.16. The summed E-state index contributed by atoms with van der Waals surface area (Å²) in [4.78, 5) is 4.89. The van der Waals surface area contributed by atoms with Gasteiger partial charge in [-0.3, -0.25) is 0 Å². The minimum atomic E-state index is 0.330. The average Bonchev–Trinajstić information content (AvgIpc) is 2.77. The summed E-state index contributed by atoms with van der Waals surface area (Å²) in [6.45, 7) is 4.81. The lowest BCUT2D eigenvalue weighted by Gasteiger charge is -1.92. The number of hydrogen-bond donors (Lipinski definition) is 1. The molecular weight excluding hydrogens is 248 g/mol. The molecule has 0 spiro atoms. The van der Waals surface area contributed by atoms with Gasteiger partial charge in [0.1, 0.15) is 5.01 Å². The molecule has 0 saturated heterocycles. The number of halogens is 1. The van der Waals surface area contributed by atoms with Gasteiger partial charge in [0.25, 0.3) is 0 Å². The summed E-state index contributed by atoms with van der Waals surface area (Å²) in [5, 5.41) is 5.57. The molecule has 0 bridgehead atoms. The topological polar surface area (TPSA) is 65.4 Å². The lowest BCUT2D eigenvalue weighted by molar-refractivity contribution is 0.183. The van der Waals surface area contributed by atoms with Crippen molar-refractivity contribution in [3.63, 3.8) is 0 Å². The first kappa shape index (κ1) is 13.4. The van der Waals surface area contributed by atoms with Gasteiger partial charge in [0.05, 0.1) is 12.3 Å². The Balaban J connectivity index is 0.000000606. The number of rotatable bonds is 3. The van der Waals surface area contributed by atoms with E-state index in [1.165, 1.54) is 11.3 Å². The largest absolute Gasteiger partial charge is 0.377 e. The van der Waals surface area contributed by atoms with Crippen LogP contribution in [0.1, 0.15) is 24.5 Å². The van der Waals surface area contributed by atoms with Crippen molar-refractivity contribution in [2.75, 3.05) is 7.11 Å². The quantitative estimate of drug-likeness (QED) is 0.920. The smallest absolute Gasteiger partial charge is 0.213 e. The summed E-state index contributed by atoms with van der Waals surface area (Å²) < 4.78 is 6.64. The van der Waals surface area contributed by atoms with Crippen LogP contribution >= 0.6 is 22.9 Å². The molecule has 0 aliphatic carbocycles. The van der Waals surface area contributed by atoms with Crippen LogP contribution in [0.2, 0.25) is 5.15 Å². The molecule has 2 heterocycles. The highest BCUT2D eigenvalue weighted by Crippen LogP contribution is 2.21. The molecule has 2 N–H and O–H groups in total. The number of hydrogen-bond acceptors (Lipinski definition) is 5. The van der Waals surface area contributed by atoms with E-state index >= 15 is 0 Å². The molecule has 2 aromatic heterocycles. The van der Waals surface area contributed by atoms with Crippen LogP contribution in [0.5, 0.6) is 0 Å². The SMILES string of the molecule is CC.COCc1nn2c(CN)c(Cl)nc2s1. The summed E-state index contributed by atoms with van der Waals surface area (Å²) in [5.74, 6) is 0. The van der Waals surface area contributed by atoms with Crippen LogP contribution in [-0.4, -0.2) is 21.7 Å². The molecule has 7 heteroatoms. The van der Waals surface area contributed by atoms with Crippen LogP contribution in [0.4, 0.5) is 0 Å². The Hall–Kier alpha value is -0.690. The van der Waals surface area contributed by atoms with Crippen molar-refractivity contribution in [1.29, 1.82) is 0 Å². The van der Waals surface area contributed by atoms with Crippen LogP contribution in [0.25, 0.3) is 4.96 Å². The fourth-order valence-corrected chi connectivity index (χ4v) is 2.33. The highest BCUT2D eigenvalue weighted by Gasteiger charge is 2.13. The lowest BCUT2D eigenvalue weighted by Crippen LogP contribution is -2.02. The van der Waals surface area contributed by atoms with Crippen molar-refractivity contribution in [2.24, 2.45) is 5.73 Å². The molecule has 0 aliphatic rings. The van der Waals surface area contributed by atoms with Gasteiger partial charge in [0.15, 0.2) is 5.15 Å². The van der Waals surface area contributed by atoms with Gasteiger partial charge in [-0.1, -0.05) is 36.8 Å². The average molecular weight is 263 g/mol. The van der Waals surface area contributed by atoms with Crippen molar-refractivity contribution in [1.82, 2.24) is 14.6 Å². The summed E-state index contributed by atoms with van der Waals surface area (Å²) in [7, 11) is 1.63. The fraction of sp³-hybridized carbons (Fsp3) is 0.556. The zero-order chi connectivity index (χ0) is 12.1. The zero-order valence-electron chi connectivity index (χ0n) is 9.53. The van der Waals surface area contributed by atoms with Crippen molar-refractivity contribution < 1.29 is 4.74 Å². The van der Waals surface area contributed by atoms with Gasteiger partial charge in [0, 0.05) is 13.7 Å². The normalized spacial score (nSPS) is 10.3. The molecule has 0 amide bonds. The van der Waals surface area contributed by atoms with E-state index in [9.17, 15) is 0 Å². The lowest BCUT2D eigenvalue weighted by atomic mass is 10.5. The number of fused-ring (bicyclic) bond motifs is 1. The number of ether oxygens (including phenoxy) is 1. The monoisotopic (exact) mass is 262 g/mol. The van der Waals surface area contributed by atoms with Gasteiger partial charge in [-0.05, 0) is 0 Å². The molecular formula is C9H15ClN4OS. The third kappa shape index (κ3) is 2.52. The van der Waals surface area contributed by atoms with Crippen LogP contribution in [0, 0.1) is 0 Å². The summed E-state index contributed by atoms with van der Waals surface area (Å²) in [5.41, 5.74) is 6.27. The maximum absolute atomic E-state index is 5.86. The molecule has 90 valence electrons.